The van der Waals surface area contributed by atoms with Crippen molar-refractivity contribution in [2.24, 2.45) is 5.92 Å². The predicted octanol–water partition coefficient (Wildman–Crippen LogP) is 3.45. The molecule has 2 aliphatic rings. The maximum atomic E-state index is 13.3. The lowest BCUT2D eigenvalue weighted by Crippen LogP contribution is -2.40. The van der Waals surface area contributed by atoms with Crippen LogP contribution in [0.15, 0.2) is 30.6 Å². The molecule has 0 spiro atoms. The lowest BCUT2D eigenvalue weighted by Gasteiger charge is -2.35. The fourth-order valence-corrected chi connectivity index (χ4v) is 3.76. The number of rotatable bonds is 6. The van der Waals surface area contributed by atoms with Gasteiger partial charge in [-0.2, -0.15) is 0 Å². The number of carbonyl (C=O) groups is 1. The van der Waals surface area contributed by atoms with Gasteiger partial charge in [-0.3, -0.25) is 4.79 Å². The molecule has 1 aromatic carbocycles. The van der Waals surface area contributed by atoms with Gasteiger partial charge in [-0.1, -0.05) is 12.1 Å². The van der Waals surface area contributed by atoms with Gasteiger partial charge in [-0.05, 0) is 57.1 Å². The third kappa shape index (κ3) is 3.45. The van der Waals surface area contributed by atoms with Crippen molar-refractivity contribution >= 4 is 5.91 Å². The number of hydrogen-bond acceptors (Lipinski definition) is 4. The molecular formula is C20H26N4O2. The summed E-state index contributed by atoms with van der Waals surface area (Å²) in [4.78, 5) is 15.3. The van der Waals surface area contributed by atoms with Crippen LogP contribution in [0.1, 0.15) is 61.3 Å². The molecule has 2 fully saturated rings. The Morgan fingerprint density at radius 1 is 1.23 bits per heavy atom. The van der Waals surface area contributed by atoms with E-state index in [2.05, 4.69) is 14.8 Å². The fraction of sp³-hybridized carbons (Fsp3) is 0.550. The van der Waals surface area contributed by atoms with Gasteiger partial charge in [0.05, 0.1) is 18.2 Å². The van der Waals surface area contributed by atoms with Crippen LogP contribution in [-0.4, -0.2) is 38.7 Å². The molecule has 1 saturated heterocycles. The molecule has 1 aromatic heterocycles. The Balaban J connectivity index is 1.61. The van der Waals surface area contributed by atoms with Crippen LogP contribution in [0.3, 0.4) is 0 Å². The van der Waals surface area contributed by atoms with E-state index in [1.165, 1.54) is 12.8 Å². The molecule has 4 rings (SSSR count). The zero-order valence-corrected chi connectivity index (χ0v) is 15.3. The molecule has 1 atom stereocenters. The van der Waals surface area contributed by atoms with Crippen molar-refractivity contribution in [3.05, 3.63) is 42.0 Å². The Morgan fingerprint density at radius 3 is 2.88 bits per heavy atom. The summed E-state index contributed by atoms with van der Waals surface area (Å²) in [7, 11) is 0. The second-order valence-corrected chi connectivity index (χ2v) is 7.22. The standard InChI is InChI=1S/C20H26N4O2/c1-2-26-18-9-4-3-7-16(18)20(25)24-12-6-5-8-17(24)19-22-21-14-23(19)13-15-10-11-15/h3-4,7,9,14-15,17H,2,5-6,8,10-13H2,1H3/t17-/m0/s1. The van der Waals surface area contributed by atoms with Crippen molar-refractivity contribution < 1.29 is 9.53 Å². The van der Waals surface area contributed by atoms with Crippen LogP contribution >= 0.6 is 0 Å². The highest BCUT2D eigenvalue weighted by Gasteiger charge is 2.34. The van der Waals surface area contributed by atoms with Crippen LogP contribution in [0.4, 0.5) is 0 Å². The van der Waals surface area contributed by atoms with E-state index in [1.807, 2.05) is 42.4 Å². The summed E-state index contributed by atoms with van der Waals surface area (Å²) in [6, 6.07) is 7.51. The SMILES string of the molecule is CCOc1ccccc1C(=O)N1CCCC[C@H]1c1nncn1CC1CC1. The first-order valence-electron chi connectivity index (χ1n) is 9.68. The summed E-state index contributed by atoms with van der Waals surface area (Å²) in [5, 5.41) is 8.54. The number of para-hydroxylation sites is 1. The number of hydrogen-bond donors (Lipinski definition) is 0. The quantitative estimate of drug-likeness (QED) is 0.797. The van der Waals surface area contributed by atoms with Gasteiger partial charge in [0.15, 0.2) is 5.82 Å². The Morgan fingerprint density at radius 2 is 2.08 bits per heavy atom. The largest absolute Gasteiger partial charge is 0.493 e. The molecule has 0 radical (unpaired) electrons. The predicted molar refractivity (Wildman–Crippen MR) is 98.0 cm³/mol. The average Bonchev–Trinajstić information content (AvgIpc) is 3.37. The maximum Gasteiger partial charge on any atom is 0.258 e. The molecule has 26 heavy (non-hydrogen) atoms. The van der Waals surface area contributed by atoms with E-state index < -0.39 is 0 Å². The number of amides is 1. The van der Waals surface area contributed by atoms with E-state index in [1.54, 1.807) is 0 Å². The van der Waals surface area contributed by atoms with Gasteiger partial charge in [0.1, 0.15) is 12.1 Å². The smallest absolute Gasteiger partial charge is 0.258 e. The zero-order valence-electron chi connectivity index (χ0n) is 15.3. The van der Waals surface area contributed by atoms with E-state index in [0.717, 1.165) is 44.1 Å². The van der Waals surface area contributed by atoms with Crippen molar-refractivity contribution in [2.45, 2.75) is 51.6 Å². The van der Waals surface area contributed by atoms with Crippen LogP contribution in [-0.2, 0) is 6.54 Å². The summed E-state index contributed by atoms with van der Waals surface area (Å²) in [6.45, 7) is 4.20. The molecule has 0 N–H and O–H groups in total. The van der Waals surface area contributed by atoms with Crippen molar-refractivity contribution in [3.63, 3.8) is 0 Å². The molecule has 1 aliphatic carbocycles. The average molecular weight is 354 g/mol. The van der Waals surface area contributed by atoms with Crippen LogP contribution < -0.4 is 4.74 Å². The number of piperidine rings is 1. The minimum absolute atomic E-state index is 0.00724. The molecule has 138 valence electrons. The monoisotopic (exact) mass is 354 g/mol. The second kappa shape index (κ2) is 7.48. The number of nitrogens with zero attached hydrogens (tertiary/aromatic N) is 4. The highest BCUT2D eigenvalue weighted by atomic mass is 16.5. The first kappa shape index (κ1) is 17.1. The Hall–Kier alpha value is -2.37. The lowest BCUT2D eigenvalue weighted by atomic mass is 9.99. The van der Waals surface area contributed by atoms with Gasteiger partial charge in [0, 0.05) is 13.1 Å². The minimum Gasteiger partial charge on any atom is -0.493 e. The number of aromatic nitrogens is 3. The molecule has 0 unspecified atom stereocenters. The molecule has 1 amide bonds. The number of ether oxygens (including phenoxy) is 1. The Labute approximate surface area is 154 Å². The molecule has 2 heterocycles. The van der Waals surface area contributed by atoms with Crippen molar-refractivity contribution in [1.82, 2.24) is 19.7 Å². The number of benzene rings is 1. The first-order valence-corrected chi connectivity index (χ1v) is 9.68. The third-order valence-corrected chi connectivity index (χ3v) is 5.28. The van der Waals surface area contributed by atoms with E-state index in [-0.39, 0.29) is 11.9 Å². The normalized spacial score (nSPS) is 20.2. The van der Waals surface area contributed by atoms with Crippen molar-refractivity contribution in [2.75, 3.05) is 13.2 Å². The molecule has 0 bridgehead atoms. The number of likely N-dealkylation sites (tertiary alicyclic amines) is 1. The Kier molecular flexibility index (Phi) is 4.91. The van der Waals surface area contributed by atoms with Gasteiger partial charge in [-0.25, -0.2) is 0 Å². The molecular weight excluding hydrogens is 328 g/mol. The van der Waals surface area contributed by atoms with Crippen LogP contribution in [0.25, 0.3) is 0 Å². The van der Waals surface area contributed by atoms with Crippen molar-refractivity contribution in [1.29, 1.82) is 0 Å². The van der Waals surface area contributed by atoms with Crippen LogP contribution in [0, 0.1) is 5.92 Å². The van der Waals surface area contributed by atoms with E-state index in [4.69, 9.17) is 4.74 Å². The molecule has 1 saturated carbocycles. The van der Waals surface area contributed by atoms with Gasteiger partial charge < -0.3 is 14.2 Å². The van der Waals surface area contributed by atoms with Crippen molar-refractivity contribution in [3.8, 4) is 5.75 Å². The third-order valence-electron chi connectivity index (χ3n) is 5.28. The maximum absolute atomic E-state index is 13.3. The summed E-state index contributed by atoms with van der Waals surface area (Å²) < 4.78 is 7.83. The van der Waals surface area contributed by atoms with Gasteiger partial charge in [0.25, 0.3) is 5.91 Å². The summed E-state index contributed by atoms with van der Waals surface area (Å²) in [5.41, 5.74) is 0.634. The molecule has 6 nitrogen and oxygen atoms in total. The number of carbonyl (C=O) groups excluding carboxylic acids is 1. The minimum atomic E-state index is -0.00724. The first-order chi connectivity index (χ1) is 12.8. The van der Waals surface area contributed by atoms with E-state index in [9.17, 15) is 4.79 Å². The Bertz CT molecular complexity index is 769. The van der Waals surface area contributed by atoms with Gasteiger partial charge >= 0.3 is 0 Å². The topological polar surface area (TPSA) is 60.2 Å². The molecule has 6 heteroatoms. The zero-order chi connectivity index (χ0) is 17.9. The van der Waals surface area contributed by atoms with Gasteiger partial charge in [-0.15, -0.1) is 10.2 Å². The van der Waals surface area contributed by atoms with E-state index >= 15 is 0 Å². The molecule has 2 aromatic rings. The lowest BCUT2D eigenvalue weighted by molar-refractivity contribution is 0.0590. The summed E-state index contributed by atoms with van der Waals surface area (Å²) in [5.74, 6) is 2.36. The summed E-state index contributed by atoms with van der Waals surface area (Å²) in [6.07, 6.45) is 7.46. The second-order valence-electron chi connectivity index (χ2n) is 7.22. The highest BCUT2D eigenvalue weighted by molar-refractivity contribution is 5.97. The molecule has 1 aliphatic heterocycles. The van der Waals surface area contributed by atoms with Gasteiger partial charge in [0.2, 0.25) is 0 Å². The highest BCUT2D eigenvalue weighted by Crippen LogP contribution is 2.35. The van der Waals surface area contributed by atoms with E-state index in [0.29, 0.717) is 17.9 Å². The fourth-order valence-electron chi connectivity index (χ4n) is 3.76. The van der Waals surface area contributed by atoms with Crippen LogP contribution in [0.2, 0.25) is 0 Å². The summed E-state index contributed by atoms with van der Waals surface area (Å²) >= 11 is 0. The van der Waals surface area contributed by atoms with Crippen LogP contribution in [0.5, 0.6) is 5.75 Å².